The largest absolute Gasteiger partial charge is 0.390 e. The van der Waals surface area contributed by atoms with Gasteiger partial charge in [0.2, 0.25) is 0 Å². The second kappa shape index (κ2) is 6.30. The molecular formula is C22H29FO6. The van der Waals surface area contributed by atoms with Crippen LogP contribution in [0.5, 0.6) is 0 Å². The van der Waals surface area contributed by atoms with Crippen LogP contribution in [0.25, 0.3) is 0 Å². The lowest BCUT2D eigenvalue weighted by atomic mass is 9.44. The van der Waals surface area contributed by atoms with Gasteiger partial charge in [-0.2, -0.15) is 0 Å². The number of aliphatic hydroxyl groups excluding tert-OH is 2. The average Bonchev–Trinajstić information content (AvgIpc) is 2.91. The molecule has 4 aliphatic rings. The number of allylic oxidation sites excluding steroid dienone is 4. The first-order chi connectivity index (χ1) is 13.5. The van der Waals surface area contributed by atoms with Crippen LogP contribution in [0.3, 0.4) is 0 Å². The Morgan fingerprint density at radius 2 is 2.03 bits per heavy atom. The Morgan fingerprint density at radius 1 is 1.34 bits per heavy atom. The highest BCUT2D eigenvalue weighted by Gasteiger charge is 2.76. The molecule has 29 heavy (non-hydrogen) atoms. The van der Waals surface area contributed by atoms with E-state index in [1.807, 2.05) is 0 Å². The highest BCUT2D eigenvalue weighted by atomic mass is 19.1. The van der Waals surface area contributed by atoms with Crippen molar-refractivity contribution in [1.82, 2.24) is 0 Å². The Balaban J connectivity index is 1.84. The summed E-state index contributed by atoms with van der Waals surface area (Å²) in [6, 6.07) is 0. The number of rotatable bonds is 3. The molecule has 7 heteroatoms. The molecule has 160 valence electrons. The number of hydrogen-bond donors (Lipinski definition) is 3. The highest BCUT2D eigenvalue weighted by Crippen LogP contribution is 2.69. The molecule has 3 N–H and O–H groups in total. The van der Waals surface area contributed by atoms with Crippen LogP contribution in [0.4, 0.5) is 4.39 Å². The van der Waals surface area contributed by atoms with Crippen molar-refractivity contribution in [1.29, 1.82) is 0 Å². The van der Waals surface area contributed by atoms with Crippen LogP contribution in [0.1, 0.15) is 39.5 Å². The van der Waals surface area contributed by atoms with Crippen molar-refractivity contribution < 1.29 is 34.0 Å². The molecule has 0 aliphatic heterocycles. The molecule has 0 amide bonds. The van der Waals surface area contributed by atoms with Crippen molar-refractivity contribution in [2.24, 2.45) is 22.7 Å². The van der Waals surface area contributed by atoms with Crippen LogP contribution in [-0.4, -0.2) is 64.1 Å². The molecule has 1 unspecified atom stereocenters. The molecule has 4 aliphatic carbocycles. The number of ketones is 2. The van der Waals surface area contributed by atoms with E-state index in [2.05, 4.69) is 0 Å². The Labute approximate surface area is 169 Å². The van der Waals surface area contributed by atoms with Crippen LogP contribution in [0, 0.1) is 22.7 Å². The molecule has 0 aromatic rings. The Bertz CT molecular complexity index is 822. The number of halogens is 1. The molecule has 4 rings (SSSR count). The maximum absolute atomic E-state index is 16.9. The third kappa shape index (κ3) is 2.25. The lowest BCUT2D eigenvalue weighted by Crippen LogP contribution is -2.69. The second-order valence-electron chi connectivity index (χ2n) is 9.57. The monoisotopic (exact) mass is 408 g/mol. The zero-order chi connectivity index (χ0) is 21.4. The van der Waals surface area contributed by atoms with Gasteiger partial charge in [-0.3, -0.25) is 9.59 Å². The molecule has 0 saturated heterocycles. The summed E-state index contributed by atoms with van der Waals surface area (Å²) in [7, 11) is 1.39. The van der Waals surface area contributed by atoms with E-state index in [-0.39, 0.29) is 18.6 Å². The van der Waals surface area contributed by atoms with E-state index in [1.165, 1.54) is 19.3 Å². The summed E-state index contributed by atoms with van der Waals surface area (Å²) in [5.74, 6) is -2.00. The fourth-order valence-corrected chi connectivity index (χ4v) is 7.09. The topological polar surface area (TPSA) is 104 Å². The Morgan fingerprint density at radius 3 is 2.66 bits per heavy atom. The van der Waals surface area contributed by atoms with E-state index in [1.54, 1.807) is 19.9 Å². The van der Waals surface area contributed by atoms with Crippen LogP contribution >= 0.6 is 0 Å². The van der Waals surface area contributed by atoms with E-state index in [4.69, 9.17) is 4.74 Å². The fraction of sp³-hybridized carbons (Fsp3) is 0.727. The first-order valence-corrected chi connectivity index (χ1v) is 10.2. The molecule has 0 aromatic carbocycles. The molecule has 8 atom stereocenters. The van der Waals surface area contributed by atoms with E-state index in [0.717, 1.165) is 0 Å². The minimum atomic E-state index is -2.04. The molecule has 6 nitrogen and oxygen atoms in total. The summed E-state index contributed by atoms with van der Waals surface area (Å²) in [5, 5.41) is 32.1. The molecule has 0 bridgehead atoms. The molecule has 0 aromatic heterocycles. The Kier molecular flexibility index (Phi) is 4.53. The molecule has 3 saturated carbocycles. The summed E-state index contributed by atoms with van der Waals surface area (Å²) in [5.41, 5.74) is -5.63. The van der Waals surface area contributed by atoms with Gasteiger partial charge < -0.3 is 20.1 Å². The number of fused-ring (bicyclic) bond motifs is 5. The summed E-state index contributed by atoms with van der Waals surface area (Å²) >= 11 is 0. The Hall–Kier alpha value is -1.41. The van der Waals surface area contributed by atoms with Crippen molar-refractivity contribution in [3.63, 3.8) is 0 Å². The number of methoxy groups -OCH3 is 1. The lowest BCUT2D eigenvalue weighted by molar-refractivity contribution is -0.223. The van der Waals surface area contributed by atoms with E-state index < -0.39 is 58.5 Å². The van der Waals surface area contributed by atoms with Crippen LogP contribution in [0.15, 0.2) is 23.8 Å². The van der Waals surface area contributed by atoms with E-state index in [9.17, 15) is 24.9 Å². The number of aliphatic hydroxyl groups is 3. The van der Waals surface area contributed by atoms with Crippen LogP contribution < -0.4 is 0 Å². The summed E-state index contributed by atoms with van der Waals surface area (Å²) in [6.07, 6.45) is 3.07. The maximum Gasteiger partial charge on any atom is 0.192 e. The van der Waals surface area contributed by atoms with Crippen molar-refractivity contribution in [2.75, 3.05) is 13.7 Å². The zero-order valence-corrected chi connectivity index (χ0v) is 17.0. The van der Waals surface area contributed by atoms with Gasteiger partial charge in [-0.15, -0.1) is 0 Å². The van der Waals surface area contributed by atoms with Crippen LogP contribution in [-0.2, 0) is 14.3 Å². The number of hydrogen-bond acceptors (Lipinski definition) is 6. The molecular weight excluding hydrogens is 379 g/mol. The van der Waals surface area contributed by atoms with Gasteiger partial charge in [0.05, 0.1) is 12.2 Å². The maximum atomic E-state index is 16.9. The van der Waals surface area contributed by atoms with Gasteiger partial charge in [-0.1, -0.05) is 18.6 Å². The minimum Gasteiger partial charge on any atom is -0.390 e. The van der Waals surface area contributed by atoms with Gasteiger partial charge >= 0.3 is 0 Å². The third-order valence-corrected chi connectivity index (χ3v) is 8.69. The van der Waals surface area contributed by atoms with Gasteiger partial charge in [-0.05, 0) is 50.7 Å². The van der Waals surface area contributed by atoms with Crippen molar-refractivity contribution in [2.45, 2.75) is 63.0 Å². The number of alkyl halides is 1. The molecule has 0 heterocycles. The van der Waals surface area contributed by atoms with Gasteiger partial charge in [0.25, 0.3) is 0 Å². The second-order valence-corrected chi connectivity index (χ2v) is 9.57. The van der Waals surface area contributed by atoms with Gasteiger partial charge in [0, 0.05) is 23.9 Å². The van der Waals surface area contributed by atoms with Gasteiger partial charge in [0.15, 0.2) is 22.8 Å². The predicted octanol–water partition coefficient (Wildman–Crippen LogP) is 1.27. The van der Waals surface area contributed by atoms with Crippen molar-refractivity contribution >= 4 is 11.6 Å². The molecule has 3 fully saturated rings. The zero-order valence-electron chi connectivity index (χ0n) is 17.0. The first kappa shape index (κ1) is 20.8. The summed E-state index contributed by atoms with van der Waals surface area (Å²) in [6.45, 7) is 2.56. The lowest BCUT2D eigenvalue weighted by Gasteiger charge is -2.62. The molecule has 0 spiro atoms. The number of ether oxygens (including phenoxy) is 1. The smallest absolute Gasteiger partial charge is 0.192 e. The summed E-state index contributed by atoms with van der Waals surface area (Å²) in [4.78, 5) is 24.5. The summed E-state index contributed by atoms with van der Waals surface area (Å²) < 4.78 is 22.4. The fourth-order valence-electron chi connectivity index (χ4n) is 7.09. The third-order valence-electron chi connectivity index (χ3n) is 8.69. The quantitative estimate of drug-likeness (QED) is 0.650. The standard InChI is InChI=1S/C22H29FO6/c1-19-7-6-13(25)8-12(19)4-5-14-15-9-18(29-3)22(28,17(27)11-24)20(15,2)10-16(26)21(14,19)23/h6-8,14-16,18,24,26,28H,4-5,9-11H2,1-3H3/t14-,15-,16-,18+,19-,20-,21?,22+/m0/s1. The van der Waals surface area contributed by atoms with Gasteiger partial charge in [-0.25, -0.2) is 4.39 Å². The van der Waals surface area contributed by atoms with Crippen molar-refractivity contribution in [3.8, 4) is 0 Å². The highest BCUT2D eigenvalue weighted by molar-refractivity contribution is 6.01. The predicted molar refractivity (Wildman–Crippen MR) is 102 cm³/mol. The average molecular weight is 408 g/mol. The van der Waals surface area contributed by atoms with E-state index >= 15 is 4.39 Å². The number of carbonyl (C=O) groups is 2. The van der Waals surface area contributed by atoms with Crippen LogP contribution in [0.2, 0.25) is 0 Å². The van der Waals surface area contributed by atoms with Gasteiger partial charge in [0.1, 0.15) is 6.61 Å². The normalized spacial score (nSPS) is 51.1. The SMILES string of the molecule is CO[C@@H]1C[C@H]2[C@@H]3CCC4=CC(=O)C=C[C@]4(C)C3(F)[C@@H](O)C[C@]2(C)[C@@]1(O)C(=O)CO. The number of Topliss-reactive ketones (excluding diaryl/α,β-unsaturated/α-hetero) is 1. The first-order valence-electron chi connectivity index (χ1n) is 10.2. The number of carbonyl (C=O) groups excluding carboxylic acids is 2. The molecule has 0 radical (unpaired) electrons. The van der Waals surface area contributed by atoms with Crippen molar-refractivity contribution in [3.05, 3.63) is 23.8 Å². The minimum absolute atomic E-state index is 0.141. The van der Waals surface area contributed by atoms with E-state index in [0.29, 0.717) is 18.4 Å².